The molecule has 20 heavy (non-hydrogen) atoms. The lowest BCUT2D eigenvalue weighted by molar-refractivity contribution is -0.275. The lowest BCUT2D eigenvalue weighted by Gasteiger charge is -2.16. The van der Waals surface area contributed by atoms with Crippen LogP contribution in [0.3, 0.4) is 0 Å². The summed E-state index contributed by atoms with van der Waals surface area (Å²) in [7, 11) is 0. The zero-order valence-electron chi connectivity index (χ0n) is 11.1. The molecule has 8 heteroatoms. The molecule has 1 heterocycles. The lowest BCUT2D eigenvalue weighted by Crippen LogP contribution is -2.21. The molecule has 0 spiro atoms. The zero-order chi connectivity index (χ0) is 15.3. The van der Waals surface area contributed by atoms with Gasteiger partial charge >= 0.3 is 12.3 Å². The minimum absolute atomic E-state index is 0.0999. The van der Waals surface area contributed by atoms with Crippen molar-refractivity contribution < 1.29 is 27.4 Å². The lowest BCUT2D eigenvalue weighted by atomic mass is 10.0. The van der Waals surface area contributed by atoms with Gasteiger partial charge in [0.1, 0.15) is 0 Å². The Morgan fingerprint density at radius 1 is 1.40 bits per heavy atom. The summed E-state index contributed by atoms with van der Waals surface area (Å²) in [6, 6.07) is 0. The molecular formula is C12H15F3N2O3. The first-order chi connectivity index (χ1) is 9.28. The van der Waals surface area contributed by atoms with Gasteiger partial charge in [0.05, 0.1) is 19.2 Å². The molecule has 2 N–H and O–H groups in total. The summed E-state index contributed by atoms with van der Waals surface area (Å²) in [5, 5.41) is 0. The zero-order valence-corrected chi connectivity index (χ0v) is 11.1. The number of aryl methyl sites for hydroxylation is 1. The van der Waals surface area contributed by atoms with Gasteiger partial charge < -0.3 is 15.2 Å². The molecule has 0 saturated heterocycles. The monoisotopic (exact) mass is 292 g/mol. The van der Waals surface area contributed by atoms with Gasteiger partial charge in [-0.2, -0.15) is 0 Å². The number of alkyl halides is 3. The Morgan fingerprint density at radius 3 is 2.55 bits per heavy atom. The van der Waals surface area contributed by atoms with Crippen LogP contribution in [0.5, 0.6) is 5.75 Å². The molecule has 0 bridgehead atoms. The molecule has 1 aromatic rings. The van der Waals surface area contributed by atoms with Crippen LogP contribution in [0, 0.1) is 6.92 Å². The Balaban J connectivity index is 3.14. The van der Waals surface area contributed by atoms with Gasteiger partial charge in [0.2, 0.25) is 0 Å². The topological polar surface area (TPSA) is 74.4 Å². The first-order valence-corrected chi connectivity index (χ1v) is 5.87. The Labute approximate surface area is 113 Å². The van der Waals surface area contributed by atoms with Crippen molar-refractivity contribution >= 4 is 5.97 Å². The van der Waals surface area contributed by atoms with Gasteiger partial charge in [-0.1, -0.05) is 0 Å². The average Bonchev–Trinajstić information content (AvgIpc) is 2.32. The largest absolute Gasteiger partial charge is 0.573 e. The van der Waals surface area contributed by atoms with Crippen molar-refractivity contribution in [3.63, 3.8) is 0 Å². The third-order valence-corrected chi connectivity index (χ3v) is 2.53. The van der Waals surface area contributed by atoms with E-state index in [0.717, 1.165) is 6.20 Å². The van der Waals surface area contributed by atoms with Crippen molar-refractivity contribution in [2.45, 2.75) is 33.2 Å². The Hall–Kier alpha value is -1.83. The van der Waals surface area contributed by atoms with Gasteiger partial charge in [-0.05, 0) is 19.4 Å². The first kappa shape index (κ1) is 16.2. The molecule has 0 aromatic carbocycles. The molecule has 0 radical (unpaired) electrons. The molecule has 0 unspecified atom stereocenters. The fourth-order valence-corrected chi connectivity index (χ4v) is 1.71. The van der Waals surface area contributed by atoms with E-state index in [4.69, 9.17) is 10.5 Å². The number of aromatic nitrogens is 1. The van der Waals surface area contributed by atoms with Crippen LogP contribution in [-0.2, 0) is 22.5 Å². The predicted molar refractivity (Wildman–Crippen MR) is 63.9 cm³/mol. The minimum atomic E-state index is -4.85. The average molecular weight is 292 g/mol. The minimum Gasteiger partial charge on any atom is -0.466 e. The Morgan fingerprint density at radius 2 is 2.05 bits per heavy atom. The summed E-state index contributed by atoms with van der Waals surface area (Å²) >= 11 is 0. The van der Waals surface area contributed by atoms with Crippen LogP contribution >= 0.6 is 0 Å². The van der Waals surface area contributed by atoms with Crippen LogP contribution in [0.25, 0.3) is 0 Å². The summed E-state index contributed by atoms with van der Waals surface area (Å²) in [4.78, 5) is 15.3. The number of carbonyl (C=O) groups is 1. The van der Waals surface area contributed by atoms with Crippen molar-refractivity contribution in [2.24, 2.45) is 5.73 Å². The third-order valence-electron chi connectivity index (χ3n) is 2.53. The summed E-state index contributed by atoms with van der Waals surface area (Å²) in [6.45, 7) is 3.19. The van der Waals surface area contributed by atoms with Gasteiger partial charge in [0.15, 0.2) is 5.75 Å². The summed E-state index contributed by atoms with van der Waals surface area (Å²) in [6.07, 6.45) is -4.10. The van der Waals surface area contributed by atoms with Gasteiger partial charge in [-0.15, -0.1) is 13.2 Å². The highest BCUT2D eigenvalue weighted by atomic mass is 19.4. The molecular weight excluding hydrogens is 277 g/mol. The highest BCUT2D eigenvalue weighted by molar-refractivity contribution is 5.73. The van der Waals surface area contributed by atoms with Crippen molar-refractivity contribution in [1.29, 1.82) is 0 Å². The Bertz CT molecular complexity index is 490. The number of halogens is 3. The second-order valence-corrected chi connectivity index (χ2v) is 3.90. The third kappa shape index (κ3) is 4.37. The van der Waals surface area contributed by atoms with Crippen LogP contribution in [0.15, 0.2) is 6.20 Å². The van der Waals surface area contributed by atoms with E-state index in [9.17, 15) is 18.0 Å². The van der Waals surface area contributed by atoms with E-state index in [-0.39, 0.29) is 25.1 Å². The highest BCUT2D eigenvalue weighted by Gasteiger charge is 2.33. The van der Waals surface area contributed by atoms with Crippen LogP contribution in [0.4, 0.5) is 13.2 Å². The molecule has 0 saturated carbocycles. The van der Waals surface area contributed by atoms with Crippen molar-refractivity contribution in [2.75, 3.05) is 6.61 Å². The quantitative estimate of drug-likeness (QED) is 0.838. The maximum atomic E-state index is 12.3. The smallest absolute Gasteiger partial charge is 0.466 e. The van der Waals surface area contributed by atoms with E-state index >= 15 is 0 Å². The van der Waals surface area contributed by atoms with Gasteiger partial charge in [-0.25, -0.2) is 0 Å². The fraction of sp³-hybridized carbons (Fsp3) is 0.500. The number of nitrogens with two attached hydrogens (primary N) is 1. The second-order valence-electron chi connectivity index (χ2n) is 3.90. The fourth-order valence-electron chi connectivity index (χ4n) is 1.71. The number of carbonyl (C=O) groups excluding carboxylic acids is 1. The number of rotatable bonds is 5. The van der Waals surface area contributed by atoms with E-state index in [1.54, 1.807) is 13.8 Å². The summed E-state index contributed by atoms with van der Waals surface area (Å²) in [5.41, 5.74) is 6.27. The summed E-state index contributed by atoms with van der Waals surface area (Å²) in [5.74, 6) is -1.05. The van der Waals surface area contributed by atoms with E-state index in [0.29, 0.717) is 11.3 Å². The maximum absolute atomic E-state index is 12.3. The van der Waals surface area contributed by atoms with Gasteiger partial charge in [0, 0.05) is 17.8 Å². The number of pyridine rings is 1. The SMILES string of the molecule is CCOC(=O)Cc1c(C)ncc(OC(F)(F)F)c1CN. The Kier molecular flexibility index (Phi) is 5.32. The molecule has 0 amide bonds. The molecule has 0 aliphatic carbocycles. The highest BCUT2D eigenvalue weighted by Crippen LogP contribution is 2.29. The molecule has 112 valence electrons. The normalized spacial score (nSPS) is 11.3. The van der Waals surface area contributed by atoms with Crippen molar-refractivity contribution in [3.05, 3.63) is 23.0 Å². The van der Waals surface area contributed by atoms with Crippen LogP contribution in [-0.4, -0.2) is 23.9 Å². The predicted octanol–water partition coefficient (Wildman–Crippen LogP) is 1.85. The van der Waals surface area contributed by atoms with Crippen LogP contribution in [0.1, 0.15) is 23.7 Å². The number of nitrogens with zero attached hydrogens (tertiary/aromatic N) is 1. The summed E-state index contributed by atoms with van der Waals surface area (Å²) < 4.78 is 45.5. The van der Waals surface area contributed by atoms with E-state index in [1.165, 1.54) is 0 Å². The number of esters is 1. The number of hydrogen-bond donors (Lipinski definition) is 1. The molecule has 0 aliphatic rings. The van der Waals surface area contributed by atoms with Gasteiger partial charge in [-0.3, -0.25) is 9.78 Å². The molecule has 1 aromatic heterocycles. The number of ether oxygens (including phenoxy) is 2. The van der Waals surface area contributed by atoms with E-state index in [2.05, 4.69) is 9.72 Å². The molecule has 5 nitrogen and oxygen atoms in total. The first-order valence-electron chi connectivity index (χ1n) is 5.87. The van der Waals surface area contributed by atoms with Crippen LogP contribution in [0.2, 0.25) is 0 Å². The van der Waals surface area contributed by atoms with E-state index in [1.807, 2.05) is 0 Å². The second kappa shape index (κ2) is 6.56. The molecule has 0 aliphatic heterocycles. The van der Waals surface area contributed by atoms with Gasteiger partial charge in [0.25, 0.3) is 0 Å². The maximum Gasteiger partial charge on any atom is 0.573 e. The standard InChI is InChI=1S/C12H15F3N2O3/c1-3-19-11(18)4-8-7(2)17-6-10(9(8)5-16)20-12(13,14)15/h6H,3-5,16H2,1-2H3. The van der Waals surface area contributed by atoms with E-state index < -0.39 is 18.1 Å². The number of hydrogen-bond acceptors (Lipinski definition) is 5. The van der Waals surface area contributed by atoms with Crippen molar-refractivity contribution in [3.8, 4) is 5.75 Å². The molecule has 0 atom stereocenters. The molecule has 1 rings (SSSR count). The molecule has 0 fully saturated rings. The van der Waals surface area contributed by atoms with Crippen molar-refractivity contribution in [1.82, 2.24) is 4.98 Å². The van der Waals surface area contributed by atoms with Crippen LogP contribution < -0.4 is 10.5 Å².